The summed E-state index contributed by atoms with van der Waals surface area (Å²) in [6, 6.07) is 15.7. The Balaban J connectivity index is 1.52. The monoisotopic (exact) mass is 318 g/mol. The fraction of sp³-hybridized carbons (Fsp3) is 0.368. The summed E-state index contributed by atoms with van der Waals surface area (Å²) in [5.74, 6) is 0.873. The third-order valence-electron chi connectivity index (χ3n) is 3.65. The van der Waals surface area contributed by atoms with Gasteiger partial charge in [0, 0.05) is 5.02 Å². The summed E-state index contributed by atoms with van der Waals surface area (Å²) in [5, 5.41) is 9.77. The SMILES string of the molecule is OCc1ccc(OCCCCCCc2ccc(Cl)cc2)cc1. The molecule has 0 bridgehead atoms. The van der Waals surface area contributed by atoms with E-state index >= 15 is 0 Å². The van der Waals surface area contributed by atoms with Crippen molar-refractivity contribution < 1.29 is 9.84 Å². The fourth-order valence-corrected chi connectivity index (χ4v) is 2.44. The average molecular weight is 319 g/mol. The number of aliphatic hydroxyl groups excluding tert-OH is 1. The minimum Gasteiger partial charge on any atom is -0.494 e. The number of ether oxygens (including phenoxy) is 1. The van der Waals surface area contributed by atoms with E-state index in [0.29, 0.717) is 0 Å². The molecule has 0 aliphatic heterocycles. The van der Waals surface area contributed by atoms with Crippen molar-refractivity contribution in [2.45, 2.75) is 38.7 Å². The van der Waals surface area contributed by atoms with Gasteiger partial charge in [-0.05, 0) is 54.7 Å². The number of aryl methyl sites for hydroxylation is 1. The van der Waals surface area contributed by atoms with E-state index in [0.717, 1.165) is 35.8 Å². The molecule has 1 N–H and O–H groups in total. The topological polar surface area (TPSA) is 29.5 Å². The molecule has 3 heteroatoms. The van der Waals surface area contributed by atoms with Gasteiger partial charge in [-0.1, -0.05) is 48.7 Å². The van der Waals surface area contributed by atoms with E-state index in [-0.39, 0.29) is 6.61 Å². The molecule has 0 spiro atoms. The van der Waals surface area contributed by atoms with Gasteiger partial charge in [0.05, 0.1) is 13.2 Å². The van der Waals surface area contributed by atoms with Crippen molar-refractivity contribution in [3.8, 4) is 5.75 Å². The van der Waals surface area contributed by atoms with Gasteiger partial charge < -0.3 is 9.84 Å². The standard InChI is InChI=1S/C19H23ClO2/c20-18-10-6-16(7-11-18)5-3-1-2-4-14-22-19-12-8-17(15-21)9-13-19/h6-13,21H,1-5,14-15H2. The number of aliphatic hydroxyl groups is 1. The van der Waals surface area contributed by atoms with Crippen LogP contribution in [-0.4, -0.2) is 11.7 Å². The number of unbranched alkanes of at least 4 members (excludes halogenated alkanes) is 3. The van der Waals surface area contributed by atoms with E-state index in [1.165, 1.54) is 24.8 Å². The highest BCUT2D eigenvalue weighted by Gasteiger charge is 1.97. The molecule has 0 aromatic heterocycles. The first-order valence-corrected chi connectivity index (χ1v) is 8.23. The molecule has 0 unspecified atom stereocenters. The predicted molar refractivity (Wildman–Crippen MR) is 91.5 cm³/mol. The summed E-state index contributed by atoms with van der Waals surface area (Å²) in [7, 11) is 0. The molecule has 2 aromatic carbocycles. The van der Waals surface area contributed by atoms with Crippen molar-refractivity contribution in [3.05, 3.63) is 64.7 Å². The second-order valence-electron chi connectivity index (χ2n) is 5.44. The summed E-state index contributed by atoms with van der Waals surface area (Å²) in [6.07, 6.45) is 5.79. The summed E-state index contributed by atoms with van der Waals surface area (Å²) in [6.45, 7) is 0.827. The van der Waals surface area contributed by atoms with Crippen LogP contribution >= 0.6 is 11.6 Å². The lowest BCUT2D eigenvalue weighted by Gasteiger charge is -2.07. The van der Waals surface area contributed by atoms with Crippen molar-refractivity contribution in [1.29, 1.82) is 0 Å². The number of halogens is 1. The zero-order chi connectivity index (χ0) is 15.6. The van der Waals surface area contributed by atoms with E-state index in [1.807, 2.05) is 36.4 Å². The van der Waals surface area contributed by atoms with E-state index in [2.05, 4.69) is 12.1 Å². The summed E-state index contributed by atoms with van der Waals surface area (Å²) in [5.41, 5.74) is 2.26. The molecule has 0 aliphatic rings. The zero-order valence-electron chi connectivity index (χ0n) is 12.8. The van der Waals surface area contributed by atoms with Crippen LogP contribution in [0.3, 0.4) is 0 Å². The van der Waals surface area contributed by atoms with Crippen LogP contribution in [0.2, 0.25) is 5.02 Å². The minimum atomic E-state index is 0.0773. The first kappa shape index (κ1) is 16.9. The van der Waals surface area contributed by atoms with Crippen LogP contribution in [0.5, 0.6) is 5.75 Å². The summed E-state index contributed by atoms with van der Waals surface area (Å²) >= 11 is 5.87. The Morgan fingerprint density at radius 1 is 0.773 bits per heavy atom. The Morgan fingerprint density at radius 2 is 1.41 bits per heavy atom. The van der Waals surface area contributed by atoms with Crippen LogP contribution in [-0.2, 0) is 13.0 Å². The van der Waals surface area contributed by atoms with E-state index in [1.54, 1.807) is 0 Å². The molecule has 0 amide bonds. The Bertz CT molecular complexity index is 534. The van der Waals surface area contributed by atoms with Crippen LogP contribution in [0.15, 0.2) is 48.5 Å². The highest BCUT2D eigenvalue weighted by atomic mass is 35.5. The van der Waals surface area contributed by atoms with Gasteiger partial charge in [0.2, 0.25) is 0 Å². The molecular formula is C19H23ClO2. The largest absolute Gasteiger partial charge is 0.494 e. The normalized spacial score (nSPS) is 10.6. The maximum Gasteiger partial charge on any atom is 0.119 e. The molecule has 2 rings (SSSR count). The maximum absolute atomic E-state index is 8.97. The molecule has 2 nitrogen and oxygen atoms in total. The first-order chi connectivity index (χ1) is 10.8. The van der Waals surface area contributed by atoms with E-state index in [9.17, 15) is 0 Å². The second-order valence-corrected chi connectivity index (χ2v) is 5.88. The molecule has 0 heterocycles. The average Bonchev–Trinajstić information content (AvgIpc) is 2.56. The molecule has 0 aliphatic carbocycles. The highest BCUT2D eigenvalue weighted by molar-refractivity contribution is 6.30. The van der Waals surface area contributed by atoms with Gasteiger partial charge in [0.15, 0.2) is 0 Å². The van der Waals surface area contributed by atoms with Gasteiger partial charge in [-0.3, -0.25) is 0 Å². The summed E-state index contributed by atoms with van der Waals surface area (Å²) in [4.78, 5) is 0. The Morgan fingerprint density at radius 3 is 2.09 bits per heavy atom. The number of benzene rings is 2. The number of hydrogen-bond donors (Lipinski definition) is 1. The lowest BCUT2D eigenvalue weighted by atomic mass is 10.1. The molecule has 0 saturated heterocycles. The van der Waals surface area contributed by atoms with E-state index < -0.39 is 0 Å². The van der Waals surface area contributed by atoms with Gasteiger partial charge in [0.25, 0.3) is 0 Å². The first-order valence-electron chi connectivity index (χ1n) is 7.85. The third-order valence-corrected chi connectivity index (χ3v) is 3.90. The van der Waals surface area contributed by atoms with Crippen molar-refractivity contribution in [1.82, 2.24) is 0 Å². The quantitative estimate of drug-likeness (QED) is 0.658. The third kappa shape index (κ3) is 6.08. The molecule has 0 radical (unpaired) electrons. The lowest BCUT2D eigenvalue weighted by Crippen LogP contribution is -1.97. The van der Waals surface area contributed by atoms with Crippen molar-refractivity contribution in [2.24, 2.45) is 0 Å². The molecule has 22 heavy (non-hydrogen) atoms. The molecule has 118 valence electrons. The summed E-state index contributed by atoms with van der Waals surface area (Å²) < 4.78 is 5.69. The van der Waals surface area contributed by atoms with Crippen LogP contribution in [0.25, 0.3) is 0 Å². The van der Waals surface area contributed by atoms with Crippen molar-refractivity contribution in [3.63, 3.8) is 0 Å². The Kier molecular flexibility index (Phi) is 7.27. The van der Waals surface area contributed by atoms with Crippen LogP contribution in [0.4, 0.5) is 0 Å². The molecule has 0 fully saturated rings. The van der Waals surface area contributed by atoms with Gasteiger partial charge in [-0.15, -0.1) is 0 Å². The molecule has 2 aromatic rings. The molecular weight excluding hydrogens is 296 g/mol. The molecule has 0 saturated carbocycles. The van der Waals surface area contributed by atoms with Gasteiger partial charge in [-0.25, -0.2) is 0 Å². The smallest absolute Gasteiger partial charge is 0.119 e. The Labute approximate surface area is 137 Å². The van der Waals surface area contributed by atoms with Gasteiger partial charge in [-0.2, -0.15) is 0 Å². The van der Waals surface area contributed by atoms with Crippen molar-refractivity contribution in [2.75, 3.05) is 6.61 Å². The lowest BCUT2D eigenvalue weighted by molar-refractivity contribution is 0.281. The predicted octanol–water partition coefficient (Wildman–Crippen LogP) is 5.01. The zero-order valence-corrected chi connectivity index (χ0v) is 13.6. The maximum atomic E-state index is 8.97. The Hall–Kier alpha value is -1.51. The minimum absolute atomic E-state index is 0.0773. The second kappa shape index (κ2) is 9.50. The highest BCUT2D eigenvalue weighted by Crippen LogP contribution is 2.14. The number of rotatable bonds is 9. The van der Waals surface area contributed by atoms with Gasteiger partial charge in [0.1, 0.15) is 5.75 Å². The number of hydrogen-bond acceptors (Lipinski definition) is 2. The van der Waals surface area contributed by atoms with Gasteiger partial charge >= 0.3 is 0 Å². The van der Waals surface area contributed by atoms with Crippen LogP contribution in [0, 0.1) is 0 Å². The van der Waals surface area contributed by atoms with Crippen LogP contribution < -0.4 is 4.74 Å². The fourth-order valence-electron chi connectivity index (χ4n) is 2.32. The molecule has 0 atom stereocenters. The van der Waals surface area contributed by atoms with Crippen molar-refractivity contribution >= 4 is 11.6 Å². The van der Waals surface area contributed by atoms with E-state index in [4.69, 9.17) is 21.4 Å². The van der Waals surface area contributed by atoms with Crippen LogP contribution in [0.1, 0.15) is 36.8 Å².